The molecule has 16 heavy (non-hydrogen) atoms. The maximum atomic E-state index is 11.6. The molecular formula is C8H13N5O2S. The van der Waals surface area contributed by atoms with E-state index in [1.54, 1.807) is 5.38 Å². The largest absolute Gasteiger partial charge is 0.409 e. The number of hydrogen-bond donors (Lipinski definition) is 3. The zero-order chi connectivity index (χ0) is 12.0. The molecule has 0 aliphatic heterocycles. The average Bonchev–Trinajstić information content (AvgIpc) is 2.81. The summed E-state index contributed by atoms with van der Waals surface area (Å²) in [5, 5.41) is 19.2. The van der Waals surface area contributed by atoms with Crippen molar-refractivity contribution in [2.24, 2.45) is 10.9 Å². The van der Waals surface area contributed by atoms with E-state index >= 15 is 0 Å². The van der Waals surface area contributed by atoms with Crippen molar-refractivity contribution >= 4 is 23.3 Å². The van der Waals surface area contributed by atoms with E-state index in [1.165, 1.54) is 0 Å². The lowest BCUT2D eigenvalue weighted by atomic mass is 10.1. The van der Waals surface area contributed by atoms with Crippen LogP contribution in [0.15, 0.2) is 10.5 Å². The molecule has 0 aromatic carbocycles. The number of aromatic nitrogens is 2. The van der Waals surface area contributed by atoms with E-state index in [0.717, 1.165) is 11.5 Å². The van der Waals surface area contributed by atoms with Gasteiger partial charge in [-0.3, -0.25) is 4.79 Å². The molecule has 1 heterocycles. The molecule has 0 saturated carbocycles. The van der Waals surface area contributed by atoms with Crippen LogP contribution in [0.1, 0.15) is 30.3 Å². The Morgan fingerprint density at radius 3 is 3.06 bits per heavy atom. The van der Waals surface area contributed by atoms with E-state index in [4.69, 9.17) is 10.9 Å². The third kappa shape index (κ3) is 3.46. The smallest absolute Gasteiger partial charge is 0.272 e. The molecule has 88 valence electrons. The number of amidine groups is 1. The number of amides is 1. The first-order chi connectivity index (χ1) is 7.67. The van der Waals surface area contributed by atoms with Gasteiger partial charge in [0, 0.05) is 17.8 Å². The fraction of sp³-hybridized carbons (Fsp3) is 0.500. The molecule has 0 aliphatic rings. The van der Waals surface area contributed by atoms with Gasteiger partial charge in [0.2, 0.25) is 0 Å². The number of nitrogens with zero attached hydrogens (tertiary/aromatic N) is 3. The Morgan fingerprint density at radius 1 is 1.81 bits per heavy atom. The summed E-state index contributed by atoms with van der Waals surface area (Å²) < 4.78 is 3.60. The highest BCUT2D eigenvalue weighted by molar-refractivity contribution is 7.03. The van der Waals surface area contributed by atoms with Crippen molar-refractivity contribution in [1.29, 1.82) is 0 Å². The molecule has 1 unspecified atom stereocenters. The van der Waals surface area contributed by atoms with Gasteiger partial charge in [0.15, 0.2) is 5.69 Å². The molecule has 0 aliphatic carbocycles. The zero-order valence-electron chi connectivity index (χ0n) is 8.75. The monoisotopic (exact) mass is 243 g/mol. The van der Waals surface area contributed by atoms with Gasteiger partial charge in [-0.2, -0.15) is 0 Å². The average molecular weight is 243 g/mol. The SMILES string of the molecule is CCC(CC(N)=NO)NC(=O)c1csnn1. The minimum atomic E-state index is -0.300. The molecule has 8 heteroatoms. The lowest BCUT2D eigenvalue weighted by Gasteiger charge is -2.14. The summed E-state index contributed by atoms with van der Waals surface area (Å²) in [6.07, 6.45) is 0.982. The molecule has 1 amide bonds. The van der Waals surface area contributed by atoms with Gasteiger partial charge in [-0.05, 0) is 18.0 Å². The van der Waals surface area contributed by atoms with Crippen molar-refractivity contribution in [1.82, 2.24) is 14.9 Å². The number of hydrogen-bond acceptors (Lipinski definition) is 6. The third-order valence-corrected chi connectivity index (χ3v) is 2.51. The number of carbonyl (C=O) groups excluding carboxylic acids is 1. The van der Waals surface area contributed by atoms with Crippen LogP contribution in [-0.2, 0) is 0 Å². The summed E-state index contributed by atoms with van der Waals surface area (Å²) in [5.74, 6) is -0.213. The Morgan fingerprint density at radius 2 is 2.56 bits per heavy atom. The van der Waals surface area contributed by atoms with E-state index in [-0.39, 0.29) is 23.5 Å². The van der Waals surface area contributed by atoms with Crippen molar-refractivity contribution in [3.63, 3.8) is 0 Å². The second-order valence-corrected chi connectivity index (χ2v) is 3.77. The zero-order valence-corrected chi connectivity index (χ0v) is 9.57. The van der Waals surface area contributed by atoms with Gasteiger partial charge in [-0.25, -0.2) is 0 Å². The van der Waals surface area contributed by atoms with Gasteiger partial charge < -0.3 is 16.3 Å². The van der Waals surface area contributed by atoms with Gasteiger partial charge in [0.1, 0.15) is 5.84 Å². The first-order valence-corrected chi connectivity index (χ1v) is 5.55. The van der Waals surface area contributed by atoms with Crippen molar-refractivity contribution in [3.05, 3.63) is 11.1 Å². The van der Waals surface area contributed by atoms with Crippen molar-refractivity contribution in [3.8, 4) is 0 Å². The van der Waals surface area contributed by atoms with Gasteiger partial charge in [-0.1, -0.05) is 16.6 Å². The van der Waals surface area contributed by atoms with Crippen LogP contribution in [0, 0.1) is 0 Å². The summed E-state index contributed by atoms with van der Waals surface area (Å²) >= 11 is 1.11. The van der Waals surface area contributed by atoms with E-state index in [1.807, 2.05) is 6.92 Å². The Bertz CT molecular complexity index is 365. The van der Waals surface area contributed by atoms with Crippen molar-refractivity contribution in [2.75, 3.05) is 0 Å². The summed E-state index contributed by atoms with van der Waals surface area (Å²) in [6, 6.07) is -0.176. The molecule has 7 nitrogen and oxygen atoms in total. The standard InChI is InChI=1S/C8H13N5O2S/c1-2-5(3-7(9)12-15)10-8(14)6-4-16-13-11-6/h4-5,15H,2-3H2,1H3,(H2,9,12)(H,10,14). The summed E-state index contributed by atoms with van der Waals surface area (Å²) in [6.45, 7) is 1.90. The predicted molar refractivity (Wildman–Crippen MR) is 59.5 cm³/mol. The number of rotatable bonds is 5. The van der Waals surface area contributed by atoms with Crippen LogP contribution in [0.4, 0.5) is 0 Å². The molecule has 1 atom stereocenters. The first kappa shape index (κ1) is 12.4. The molecule has 0 bridgehead atoms. The molecule has 1 aromatic rings. The topological polar surface area (TPSA) is 113 Å². The normalized spacial score (nSPS) is 13.4. The van der Waals surface area contributed by atoms with Crippen LogP contribution in [0.3, 0.4) is 0 Å². The fourth-order valence-corrected chi connectivity index (χ4v) is 1.55. The minimum Gasteiger partial charge on any atom is -0.409 e. The number of nitrogens with one attached hydrogen (secondary N) is 1. The maximum Gasteiger partial charge on any atom is 0.272 e. The maximum absolute atomic E-state index is 11.6. The molecule has 0 saturated heterocycles. The fourth-order valence-electron chi connectivity index (χ4n) is 1.11. The molecule has 1 rings (SSSR count). The first-order valence-electron chi connectivity index (χ1n) is 4.71. The van der Waals surface area contributed by atoms with Crippen LogP contribution in [0.2, 0.25) is 0 Å². The van der Waals surface area contributed by atoms with E-state index in [2.05, 4.69) is 20.1 Å². The van der Waals surface area contributed by atoms with Crippen LogP contribution in [0.5, 0.6) is 0 Å². The lowest BCUT2D eigenvalue weighted by Crippen LogP contribution is -2.37. The Hall–Kier alpha value is -1.70. The van der Waals surface area contributed by atoms with Crippen LogP contribution < -0.4 is 11.1 Å². The molecule has 0 spiro atoms. The Kier molecular flexibility index (Phi) is 4.65. The van der Waals surface area contributed by atoms with Gasteiger partial charge in [0.05, 0.1) is 0 Å². The molecular weight excluding hydrogens is 230 g/mol. The highest BCUT2D eigenvalue weighted by Gasteiger charge is 2.15. The van der Waals surface area contributed by atoms with Gasteiger partial charge in [0.25, 0.3) is 5.91 Å². The number of carbonyl (C=O) groups is 1. The molecule has 0 radical (unpaired) electrons. The summed E-state index contributed by atoms with van der Waals surface area (Å²) in [5.41, 5.74) is 5.65. The second-order valence-electron chi connectivity index (χ2n) is 3.16. The highest BCUT2D eigenvalue weighted by Crippen LogP contribution is 2.02. The van der Waals surface area contributed by atoms with Crippen molar-refractivity contribution in [2.45, 2.75) is 25.8 Å². The highest BCUT2D eigenvalue weighted by atomic mass is 32.1. The molecule has 0 fully saturated rings. The van der Waals surface area contributed by atoms with Crippen LogP contribution in [-0.4, -0.2) is 32.6 Å². The summed E-state index contributed by atoms with van der Waals surface area (Å²) in [4.78, 5) is 11.6. The van der Waals surface area contributed by atoms with E-state index in [9.17, 15) is 4.79 Å². The van der Waals surface area contributed by atoms with E-state index < -0.39 is 0 Å². The molecule has 4 N–H and O–H groups in total. The minimum absolute atomic E-state index is 0.0866. The second kappa shape index (κ2) is 6.01. The summed E-state index contributed by atoms with van der Waals surface area (Å²) in [7, 11) is 0. The van der Waals surface area contributed by atoms with Crippen LogP contribution >= 0.6 is 11.5 Å². The van der Waals surface area contributed by atoms with Crippen molar-refractivity contribution < 1.29 is 10.0 Å². The predicted octanol–water partition coefficient (Wildman–Crippen LogP) is 0.183. The Labute approximate surface area is 96.5 Å². The molecule has 1 aromatic heterocycles. The quantitative estimate of drug-likeness (QED) is 0.295. The van der Waals surface area contributed by atoms with E-state index in [0.29, 0.717) is 12.8 Å². The van der Waals surface area contributed by atoms with Crippen LogP contribution in [0.25, 0.3) is 0 Å². The third-order valence-electron chi connectivity index (χ3n) is 2.00. The Balaban J connectivity index is 2.54. The van der Waals surface area contributed by atoms with Gasteiger partial charge >= 0.3 is 0 Å². The number of nitrogens with two attached hydrogens (primary N) is 1. The lowest BCUT2D eigenvalue weighted by molar-refractivity contribution is 0.0932. The van der Waals surface area contributed by atoms with Gasteiger partial charge in [-0.15, -0.1) is 5.10 Å². The number of oxime groups is 1.